The quantitative estimate of drug-likeness (QED) is 0.941. The van der Waals surface area contributed by atoms with Gasteiger partial charge in [-0.05, 0) is 64.5 Å². The molecule has 1 unspecified atom stereocenters. The minimum Gasteiger partial charge on any atom is -0.312 e. The van der Waals surface area contributed by atoms with Crippen LogP contribution in [0.15, 0.2) is 18.3 Å². The molecule has 0 saturated carbocycles. The van der Waals surface area contributed by atoms with Gasteiger partial charge in [-0.25, -0.2) is 9.97 Å². The summed E-state index contributed by atoms with van der Waals surface area (Å²) in [4.78, 5) is 12.0. The highest BCUT2D eigenvalue weighted by Gasteiger charge is 2.26. The van der Waals surface area contributed by atoms with Gasteiger partial charge in [-0.3, -0.25) is 0 Å². The second-order valence-electron chi connectivity index (χ2n) is 6.80. The predicted molar refractivity (Wildman–Crippen MR) is 88.0 cm³/mol. The van der Waals surface area contributed by atoms with Crippen molar-refractivity contribution in [3.05, 3.63) is 24.2 Å². The van der Waals surface area contributed by atoms with Crippen LogP contribution < -0.4 is 5.32 Å². The number of rotatable bonds is 3. The third-order valence-corrected chi connectivity index (χ3v) is 5.18. The molecule has 2 saturated heterocycles. The molecule has 22 heavy (non-hydrogen) atoms. The molecule has 1 atom stereocenters. The number of piperidine rings is 1. The first-order chi connectivity index (χ1) is 10.8. The van der Waals surface area contributed by atoms with Gasteiger partial charge in [-0.2, -0.15) is 0 Å². The van der Waals surface area contributed by atoms with Gasteiger partial charge in [-0.1, -0.05) is 0 Å². The van der Waals surface area contributed by atoms with Crippen LogP contribution in [0, 0.1) is 0 Å². The minimum absolute atomic E-state index is 0.574. The van der Waals surface area contributed by atoms with Gasteiger partial charge < -0.3 is 14.8 Å². The molecule has 0 aromatic carbocycles. The molecule has 5 heteroatoms. The molecule has 1 N–H and O–H groups in total. The van der Waals surface area contributed by atoms with Crippen LogP contribution in [-0.4, -0.2) is 52.2 Å². The van der Waals surface area contributed by atoms with E-state index in [9.17, 15) is 0 Å². The highest BCUT2D eigenvalue weighted by atomic mass is 15.2. The van der Waals surface area contributed by atoms with Crippen molar-refractivity contribution in [2.45, 2.75) is 44.2 Å². The van der Waals surface area contributed by atoms with Crippen molar-refractivity contribution in [2.24, 2.45) is 0 Å². The Bertz CT molecular complexity index is 636. The summed E-state index contributed by atoms with van der Waals surface area (Å²) in [7, 11) is 2.21. The maximum Gasteiger partial charge on any atom is 0.160 e. The van der Waals surface area contributed by atoms with E-state index in [4.69, 9.17) is 4.98 Å². The van der Waals surface area contributed by atoms with Gasteiger partial charge in [0.05, 0.1) is 0 Å². The van der Waals surface area contributed by atoms with Crippen molar-refractivity contribution in [1.29, 1.82) is 0 Å². The first-order valence-corrected chi connectivity index (χ1v) is 8.54. The van der Waals surface area contributed by atoms with Crippen molar-refractivity contribution in [3.8, 4) is 0 Å². The van der Waals surface area contributed by atoms with E-state index in [1.165, 1.54) is 44.6 Å². The number of likely N-dealkylation sites (tertiary alicyclic amines) is 1. The number of nitrogens with one attached hydrogen (secondary N) is 1. The second-order valence-corrected chi connectivity index (χ2v) is 6.80. The van der Waals surface area contributed by atoms with Gasteiger partial charge in [-0.15, -0.1) is 0 Å². The van der Waals surface area contributed by atoms with Gasteiger partial charge in [0.1, 0.15) is 11.3 Å². The molecule has 4 heterocycles. The number of nitrogens with zero attached hydrogens (tertiary/aromatic N) is 4. The Morgan fingerprint density at radius 3 is 2.91 bits per heavy atom. The minimum atomic E-state index is 0.574. The number of fused-ring (bicyclic) bond motifs is 1. The van der Waals surface area contributed by atoms with Gasteiger partial charge in [0, 0.05) is 24.7 Å². The zero-order valence-corrected chi connectivity index (χ0v) is 13.3. The first-order valence-electron chi connectivity index (χ1n) is 8.54. The smallest absolute Gasteiger partial charge is 0.160 e. The van der Waals surface area contributed by atoms with Crippen LogP contribution in [0.5, 0.6) is 0 Å². The fourth-order valence-corrected chi connectivity index (χ4v) is 3.87. The summed E-state index contributed by atoms with van der Waals surface area (Å²) in [5.74, 6) is 1.84. The lowest BCUT2D eigenvalue weighted by Gasteiger charge is -2.29. The summed E-state index contributed by atoms with van der Waals surface area (Å²) in [6.07, 6.45) is 6.85. The molecule has 2 fully saturated rings. The zero-order chi connectivity index (χ0) is 14.9. The molecular formula is C17H25N5. The molecule has 2 aromatic heterocycles. The van der Waals surface area contributed by atoms with Crippen molar-refractivity contribution in [1.82, 2.24) is 24.8 Å². The van der Waals surface area contributed by atoms with E-state index < -0.39 is 0 Å². The molecule has 0 aliphatic carbocycles. The molecule has 118 valence electrons. The SMILES string of the molecule is CN1CCC(c2nc3cccnc3n2CC2CCCN2)CC1. The van der Waals surface area contributed by atoms with Crippen LogP contribution in [0.25, 0.3) is 11.2 Å². The van der Waals surface area contributed by atoms with Crippen molar-refractivity contribution >= 4 is 11.2 Å². The van der Waals surface area contributed by atoms with Crippen molar-refractivity contribution < 1.29 is 0 Å². The fourth-order valence-electron chi connectivity index (χ4n) is 3.87. The van der Waals surface area contributed by atoms with Crippen LogP contribution in [-0.2, 0) is 6.54 Å². The Labute approximate surface area is 131 Å². The van der Waals surface area contributed by atoms with E-state index in [1.807, 2.05) is 12.3 Å². The molecule has 5 nitrogen and oxygen atoms in total. The first kappa shape index (κ1) is 14.2. The van der Waals surface area contributed by atoms with Crippen LogP contribution in [0.1, 0.15) is 37.4 Å². The maximum atomic E-state index is 4.96. The Morgan fingerprint density at radius 2 is 2.14 bits per heavy atom. The van der Waals surface area contributed by atoms with Gasteiger partial charge in [0.25, 0.3) is 0 Å². The topological polar surface area (TPSA) is 46.0 Å². The highest BCUT2D eigenvalue weighted by Crippen LogP contribution is 2.29. The molecule has 0 amide bonds. The molecular weight excluding hydrogens is 274 g/mol. The lowest BCUT2D eigenvalue weighted by Crippen LogP contribution is -2.32. The standard InChI is InChI=1S/C17H25N5/c1-21-10-6-13(7-11-21)16-20-15-5-3-9-19-17(15)22(16)12-14-4-2-8-18-14/h3,5,9,13-14,18H,2,4,6-8,10-12H2,1H3. The molecule has 2 aliphatic rings. The number of hydrogen-bond acceptors (Lipinski definition) is 4. The Kier molecular flexibility index (Phi) is 3.84. The predicted octanol–water partition coefficient (Wildman–Crippen LogP) is 1.99. The van der Waals surface area contributed by atoms with Gasteiger partial charge >= 0.3 is 0 Å². The molecule has 0 spiro atoms. The van der Waals surface area contributed by atoms with Crippen LogP contribution in [0.4, 0.5) is 0 Å². The molecule has 2 aromatic rings. The number of pyridine rings is 1. The summed E-state index contributed by atoms with van der Waals surface area (Å²) in [5.41, 5.74) is 2.11. The maximum absolute atomic E-state index is 4.96. The van der Waals surface area contributed by atoms with Crippen LogP contribution in [0.3, 0.4) is 0 Å². The third-order valence-electron chi connectivity index (χ3n) is 5.18. The fraction of sp³-hybridized carbons (Fsp3) is 0.647. The molecule has 0 bridgehead atoms. The van der Waals surface area contributed by atoms with E-state index in [0.717, 1.165) is 24.3 Å². The Balaban J connectivity index is 1.69. The monoisotopic (exact) mass is 299 g/mol. The van der Waals surface area contributed by atoms with E-state index in [2.05, 4.69) is 32.9 Å². The summed E-state index contributed by atoms with van der Waals surface area (Å²) in [6, 6.07) is 4.66. The van der Waals surface area contributed by atoms with E-state index >= 15 is 0 Å². The second kappa shape index (κ2) is 5.97. The molecule has 2 aliphatic heterocycles. The lowest BCUT2D eigenvalue weighted by atomic mass is 9.96. The van der Waals surface area contributed by atoms with E-state index in [-0.39, 0.29) is 0 Å². The zero-order valence-electron chi connectivity index (χ0n) is 13.3. The molecule has 0 radical (unpaired) electrons. The average Bonchev–Trinajstić information content (AvgIpc) is 3.17. The molecule has 4 rings (SSSR count). The van der Waals surface area contributed by atoms with Crippen molar-refractivity contribution in [3.63, 3.8) is 0 Å². The largest absolute Gasteiger partial charge is 0.312 e. The number of aromatic nitrogens is 3. The highest BCUT2D eigenvalue weighted by molar-refractivity contribution is 5.71. The van der Waals surface area contributed by atoms with E-state index in [1.54, 1.807) is 0 Å². The summed E-state index contributed by atoms with van der Waals surface area (Å²) < 4.78 is 2.40. The Morgan fingerprint density at radius 1 is 1.27 bits per heavy atom. The van der Waals surface area contributed by atoms with Crippen LogP contribution in [0.2, 0.25) is 0 Å². The van der Waals surface area contributed by atoms with Crippen LogP contribution >= 0.6 is 0 Å². The Hall–Kier alpha value is -1.46. The number of imidazole rings is 1. The average molecular weight is 299 g/mol. The van der Waals surface area contributed by atoms with E-state index in [0.29, 0.717) is 12.0 Å². The lowest BCUT2D eigenvalue weighted by molar-refractivity contribution is 0.248. The van der Waals surface area contributed by atoms with Crippen molar-refractivity contribution in [2.75, 3.05) is 26.7 Å². The van der Waals surface area contributed by atoms with Gasteiger partial charge in [0.2, 0.25) is 0 Å². The normalized spacial score (nSPS) is 24.3. The summed E-state index contributed by atoms with van der Waals surface area (Å²) >= 11 is 0. The third kappa shape index (κ3) is 2.63. The summed E-state index contributed by atoms with van der Waals surface area (Å²) in [5, 5.41) is 3.61. The number of hydrogen-bond donors (Lipinski definition) is 1. The summed E-state index contributed by atoms with van der Waals surface area (Å²) in [6.45, 7) is 4.50. The van der Waals surface area contributed by atoms with Gasteiger partial charge in [0.15, 0.2) is 5.65 Å².